The highest BCUT2D eigenvalue weighted by molar-refractivity contribution is 7.89. The highest BCUT2D eigenvalue weighted by Gasteiger charge is 2.04. The van der Waals surface area contributed by atoms with E-state index >= 15 is 0 Å². The minimum Gasteiger partial charge on any atom is -0.179 e. The van der Waals surface area contributed by atoms with Crippen molar-refractivity contribution in [3.8, 4) is 0 Å². The van der Waals surface area contributed by atoms with E-state index in [2.05, 4.69) is 15.0 Å². The molecular formula is C2HN2O2S. The standard InChI is InChI=1S/C2HN2O2S/c5-7(6)3-1-2-4-7/h1H. The molecule has 0 bridgehead atoms. The van der Waals surface area contributed by atoms with Crippen LogP contribution in [0.1, 0.15) is 0 Å². The van der Waals surface area contributed by atoms with Crippen LogP contribution in [0.2, 0.25) is 0 Å². The first-order valence-corrected chi connectivity index (χ1v) is 2.87. The van der Waals surface area contributed by atoms with Gasteiger partial charge >= 0.3 is 10.2 Å². The molecule has 0 fully saturated rings. The zero-order chi connectivity index (χ0) is 5.33. The molecule has 0 saturated heterocycles. The Morgan fingerprint density at radius 2 is 2.29 bits per heavy atom. The van der Waals surface area contributed by atoms with Crippen LogP contribution >= 0.6 is 0 Å². The van der Waals surface area contributed by atoms with E-state index in [1.807, 2.05) is 0 Å². The SMILES string of the molecule is O=S1(=O)N=[C]C=N1. The fourth-order valence-electron chi connectivity index (χ4n) is 0.204. The smallest absolute Gasteiger partial charge is 0.179 e. The van der Waals surface area contributed by atoms with Crippen molar-refractivity contribution in [2.75, 3.05) is 0 Å². The number of hydrogen-bond donors (Lipinski definition) is 0. The van der Waals surface area contributed by atoms with E-state index < -0.39 is 10.2 Å². The topological polar surface area (TPSA) is 58.9 Å². The third kappa shape index (κ3) is 0.833. The summed E-state index contributed by atoms with van der Waals surface area (Å²) in [5, 5.41) is 0. The Bertz CT molecular complexity index is 194. The third-order valence-corrected chi connectivity index (χ3v) is 1.12. The molecule has 0 saturated carbocycles. The van der Waals surface area contributed by atoms with Gasteiger partial charge in [0.1, 0.15) is 6.21 Å². The van der Waals surface area contributed by atoms with Gasteiger partial charge in [-0.15, -0.1) is 8.80 Å². The summed E-state index contributed by atoms with van der Waals surface area (Å²) in [6.07, 6.45) is 3.07. The molecule has 0 unspecified atom stereocenters. The molecular weight excluding hydrogens is 116 g/mol. The lowest BCUT2D eigenvalue weighted by Crippen LogP contribution is -1.80. The second kappa shape index (κ2) is 1.13. The van der Waals surface area contributed by atoms with Gasteiger partial charge < -0.3 is 0 Å². The minimum atomic E-state index is -3.46. The summed E-state index contributed by atoms with van der Waals surface area (Å²) in [6.45, 7) is 0. The Hall–Kier alpha value is -0.710. The van der Waals surface area contributed by atoms with Crippen molar-refractivity contribution in [3.05, 3.63) is 0 Å². The average molecular weight is 117 g/mol. The van der Waals surface area contributed by atoms with Crippen molar-refractivity contribution in [2.45, 2.75) is 0 Å². The largest absolute Gasteiger partial charge is 0.363 e. The van der Waals surface area contributed by atoms with Crippen molar-refractivity contribution in [1.82, 2.24) is 0 Å². The van der Waals surface area contributed by atoms with Gasteiger partial charge in [0.2, 0.25) is 0 Å². The Labute approximate surface area is 40.8 Å². The zero-order valence-corrected chi connectivity index (χ0v) is 4.01. The molecule has 4 nitrogen and oxygen atoms in total. The third-order valence-electron chi connectivity index (χ3n) is 0.412. The van der Waals surface area contributed by atoms with Crippen LogP contribution in [0.3, 0.4) is 0 Å². The second-order valence-corrected chi connectivity index (χ2v) is 2.19. The Balaban J connectivity index is 3.25. The Morgan fingerprint density at radius 3 is 2.43 bits per heavy atom. The molecule has 0 atom stereocenters. The van der Waals surface area contributed by atoms with Gasteiger partial charge in [-0.05, 0) is 0 Å². The molecule has 0 spiro atoms. The normalized spacial score (nSPS) is 23.4. The van der Waals surface area contributed by atoms with Crippen LogP contribution in [0, 0.1) is 0 Å². The van der Waals surface area contributed by atoms with Crippen molar-refractivity contribution >= 4 is 22.6 Å². The van der Waals surface area contributed by atoms with Crippen LogP contribution in [0.4, 0.5) is 0 Å². The molecule has 1 rings (SSSR count). The van der Waals surface area contributed by atoms with Gasteiger partial charge in [-0.1, -0.05) is 0 Å². The predicted molar refractivity (Wildman–Crippen MR) is 24.8 cm³/mol. The maximum atomic E-state index is 10.0. The summed E-state index contributed by atoms with van der Waals surface area (Å²) in [6, 6.07) is 0. The summed E-state index contributed by atoms with van der Waals surface area (Å²) < 4.78 is 25.8. The van der Waals surface area contributed by atoms with Gasteiger partial charge in [0.05, 0.1) is 6.21 Å². The van der Waals surface area contributed by atoms with Crippen LogP contribution in [0.25, 0.3) is 0 Å². The van der Waals surface area contributed by atoms with Gasteiger partial charge in [0.25, 0.3) is 0 Å². The molecule has 1 radical (unpaired) electrons. The molecule has 0 aromatic carbocycles. The molecule has 0 amide bonds. The van der Waals surface area contributed by atoms with Gasteiger partial charge in [0, 0.05) is 0 Å². The molecule has 0 aromatic heterocycles. The fraction of sp³-hybridized carbons (Fsp3) is 0. The molecule has 0 N–H and O–H groups in total. The number of rotatable bonds is 0. The summed E-state index contributed by atoms with van der Waals surface area (Å²) in [5.74, 6) is 0. The Morgan fingerprint density at radius 1 is 1.57 bits per heavy atom. The fourth-order valence-corrected chi connectivity index (χ4v) is 0.612. The predicted octanol–water partition coefficient (Wildman–Crippen LogP) is -0.737. The lowest BCUT2D eigenvalue weighted by atomic mass is 10.9. The van der Waals surface area contributed by atoms with Gasteiger partial charge in [-0.3, -0.25) is 0 Å². The molecule has 1 aliphatic heterocycles. The summed E-state index contributed by atoms with van der Waals surface area (Å²) in [4.78, 5) is 0. The van der Waals surface area contributed by atoms with E-state index in [0.29, 0.717) is 0 Å². The van der Waals surface area contributed by atoms with Gasteiger partial charge in [-0.2, -0.15) is 8.42 Å². The van der Waals surface area contributed by atoms with E-state index in [1.165, 1.54) is 0 Å². The second-order valence-electron chi connectivity index (χ2n) is 0.903. The van der Waals surface area contributed by atoms with E-state index in [9.17, 15) is 8.42 Å². The summed E-state index contributed by atoms with van der Waals surface area (Å²) in [5.41, 5.74) is 0. The van der Waals surface area contributed by atoms with Crippen molar-refractivity contribution in [3.63, 3.8) is 0 Å². The van der Waals surface area contributed by atoms with Crippen molar-refractivity contribution in [2.24, 2.45) is 8.80 Å². The summed E-state index contributed by atoms with van der Waals surface area (Å²) in [7, 11) is -3.46. The van der Waals surface area contributed by atoms with E-state index in [4.69, 9.17) is 0 Å². The zero-order valence-electron chi connectivity index (χ0n) is 3.20. The van der Waals surface area contributed by atoms with Gasteiger partial charge in [-0.25, -0.2) is 0 Å². The first-order chi connectivity index (χ1) is 3.21. The maximum Gasteiger partial charge on any atom is 0.363 e. The first kappa shape index (κ1) is 4.45. The van der Waals surface area contributed by atoms with Crippen LogP contribution in [-0.4, -0.2) is 20.8 Å². The lowest BCUT2D eigenvalue weighted by molar-refractivity contribution is 0.601. The lowest BCUT2D eigenvalue weighted by Gasteiger charge is -1.72. The first-order valence-electron chi connectivity index (χ1n) is 1.47. The molecule has 1 aliphatic rings. The van der Waals surface area contributed by atoms with Crippen molar-refractivity contribution in [1.29, 1.82) is 0 Å². The maximum absolute atomic E-state index is 10.0. The molecule has 7 heavy (non-hydrogen) atoms. The quantitative estimate of drug-likeness (QED) is 0.419. The van der Waals surface area contributed by atoms with Crippen LogP contribution < -0.4 is 0 Å². The van der Waals surface area contributed by atoms with Crippen molar-refractivity contribution < 1.29 is 8.42 Å². The monoisotopic (exact) mass is 117 g/mol. The van der Waals surface area contributed by atoms with E-state index in [1.54, 1.807) is 0 Å². The van der Waals surface area contributed by atoms with E-state index in [0.717, 1.165) is 6.21 Å². The van der Waals surface area contributed by atoms with Crippen LogP contribution in [0.15, 0.2) is 8.80 Å². The van der Waals surface area contributed by atoms with E-state index in [-0.39, 0.29) is 0 Å². The summed E-state index contributed by atoms with van der Waals surface area (Å²) >= 11 is 0. The van der Waals surface area contributed by atoms with Crippen LogP contribution in [-0.2, 0) is 10.2 Å². The molecule has 5 heteroatoms. The van der Waals surface area contributed by atoms with Crippen LogP contribution in [0.5, 0.6) is 0 Å². The minimum absolute atomic E-state index is 1.01. The molecule has 37 valence electrons. The number of hydrogen-bond acceptors (Lipinski definition) is 2. The molecule has 0 aliphatic carbocycles. The van der Waals surface area contributed by atoms with Gasteiger partial charge in [0.15, 0.2) is 0 Å². The number of nitrogens with zero attached hydrogens (tertiary/aromatic N) is 2. The highest BCUT2D eigenvalue weighted by Crippen LogP contribution is 1.94. The Kier molecular flexibility index (Phi) is 0.717. The average Bonchev–Trinajstić information content (AvgIpc) is 1.84. The molecule has 0 aromatic rings. The molecule has 1 heterocycles. The highest BCUT2D eigenvalue weighted by atomic mass is 32.2.